The highest BCUT2D eigenvalue weighted by atomic mass is 35.5. The largest absolute Gasteiger partial charge is 0.489 e. The first-order chi connectivity index (χ1) is 9.97. The van der Waals surface area contributed by atoms with Crippen molar-refractivity contribution in [2.24, 2.45) is 0 Å². The van der Waals surface area contributed by atoms with Gasteiger partial charge in [0.2, 0.25) is 0 Å². The molecular weight excluding hydrogens is 309 g/mol. The number of nitrogens with one attached hydrogen (secondary N) is 1. The van der Waals surface area contributed by atoms with Crippen molar-refractivity contribution in [3.8, 4) is 5.75 Å². The van der Waals surface area contributed by atoms with Gasteiger partial charge in [0, 0.05) is 5.56 Å². The second-order valence-corrected chi connectivity index (χ2v) is 5.56. The highest BCUT2D eigenvalue weighted by molar-refractivity contribution is 6.42. The number of benzene rings is 2. The zero-order valence-corrected chi connectivity index (χ0v) is 13.2. The van der Waals surface area contributed by atoms with Crippen LogP contribution in [0.5, 0.6) is 5.75 Å². The molecular formula is C16H15Cl2NO2. The normalized spacial score (nSPS) is 10.5. The maximum atomic E-state index is 12.2. The number of ether oxygens (including phenoxy) is 1. The van der Waals surface area contributed by atoms with E-state index in [9.17, 15) is 4.79 Å². The smallest absolute Gasteiger partial charge is 0.255 e. The average Bonchev–Trinajstić information content (AvgIpc) is 2.43. The first-order valence-electron chi connectivity index (χ1n) is 6.49. The Hall–Kier alpha value is -1.71. The monoisotopic (exact) mass is 323 g/mol. The molecule has 21 heavy (non-hydrogen) atoms. The third-order valence-corrected chi connectivity index (χ3v) is 3.42. The van der Waals surface area contributed by atoms with Crippen LogP contribution in [0, 0.1) is 0 Å². The van der Waals surface area contributed by atoms with Gasteiger partial charge < -0.3 is 10.1 Å². The summed E-state index contributed by atoms with van der Waals surface area (Å²) in [6.45, 7) is 3.86. The van der Waals surface area contributed by atoms with Crippen molar-refractivity contribution in [2.45, 2.75) is 20.0 Å². The molecule has 0 heterocycles. The van der Waals surface area contributed by atoms with Crippen LogP contribution in [0.1, 0.15) is 24.2 Å². The summed E-state index contributed by atoms with van der Waals surface area (Å²) in [5.74, 6) is 0.356. The van der Waals surface area contributed by atoms with Crippen LogP contribution in [0.15, 0.2) is 42.5 Å². The summed E-state index contributed by atoms with van der Waals surface area (Å²) in [5, 5.41) is 3.57. The topological polar surface area (TPSA) is 38.3 Å². The molecule has 0 aliphatic carbocycles. The number of hydrogen-bond donors (Lipinski definition) is 1. The van der Waals surface area contributed by atoms with Gasteiger partial charge in [-0.25, -0.2) is 0 Å². The third kappa shape index (κ3) is 4.13. The molecule has 0 fully saturated rings. The van der Waals surface area contributed by atoms with Gasteiger partial charge in [-0.1, -0.05) is 35.3 Å². The molecule has 1 N–H and O–H groups in total. The summed E-state index contributed by atoms with van der Waals surface area (Å²) in [4.78, 5) is 12.2. The Morgan fingerprint density at radius 2 is 1.81 bits per heavy atom. The van der Waals surface area contributed by atoms with E-state index in [-0.39, 0.29) is 12.0 Å². The molecule has 0 aromatic heterocycles. The lowest BCUT2D eigenvalue weighted by Crippen LogP contribution is -2.14. The zero-order valence-electron chi connectivity index (χ0n) is 11.7. The summed E-state index contributed by atoms with van der Waals surface area (Å²) in [5.41, 5.74) is 1.05. The van der Waals surface area contributed by atoms with E-state index in [4.69, 9.17) is 27.9 Å². The second-order valence-electron chi connectivity index (χ2n) is 4.75. The lowest BCUT2D eigenvalue weighted by Gasteiger charge is -2.14. The van der Waals surface area contributed by atoms with Gasteiger partial charge in [0.1, 0.15) is 5.75 Å². The van der Waals surface area contributed by atoms with Gasteiger partial charge in [-0.3, -0.25) is 4.79 Å². The van der Waals surface area contributed by atoms with Crippen LogP contribution in [0.3, 0.4) is 0 Å². The Balaban J connectivity index is 2.21. The van der Waals surface area contributed by atoms with Crippen LogP contribution >= 0.6 is 23.2 Å². The van der Waals surface area contributed by atoms with E-state index in [1.54, 1.807) is 18.2 Å². The van der Waals surface area contributed by atoms with Crippen molar-refractivity contribution in [3.05, 3.63) is 58.1 Å². The summed E-state index contributed by atoms with van der Waals surface area (Å²) in [6, 6.07) is 12.0. The molecule has 2 rings (SSSR count). The molecule has 3 nitrogen and oxygen atoms in total. The number of hydrogen-bond acceptors (Lipinski definition) is 2. The van der Waals surface area contributed by atoms with Gasteiger partial charge in [-0.2, -0.15) is 0 Å². The molecule has 0 bridgehead atoms. The van der Waals surface area contributed by atoms with E-state index in [0.29, 0.717) is 27.0 Å². The molecule has 0 saturated carbocycles. The minimum absolute atomic E-state index is 0.0213. The minimum atomic E-state index is -0.270. The lowest BCUT2D eigenvalue weighted by atomic mass is 10.2. The molecule has 0 atom stereocenters. The predicted octanol–water partition coefficient (Wildman–Crippen LogP) is 5.03. The van der Waals surface area contributed by atoms with Crippen molar-refractivity contribution in [3.63, 3.8) is 0 Å². The Kier molecular flexibility index (Phi) is 5.10. The molecule has 5 heteroatoms. The molecule has 0 aliphatic rings. The van der Waals surface area contributed by atoms with E-state index in [1.165, 1.54) is 6.07 Å². The summed E-state index contributed by atoms with van der Waals surface area (Å²) < 4.78 is 5.66. The Bertz CT molecular complexity index is 656. The van der Waals surface area contributed by atoms with E-state index in [2.05, 4.69) is 5.32 Å². The van der Waals surface area contributed by atoms with Gasteiger partial charge in [0.05, 0.1) is 21.8 Å². The fraction of sp³-hybridized carbons (Fsp3) is 0.188. The van der Waals surface area contributed by atoms with Crippen LogP contribution in [0.25, 0.3) is 0 Å². The Morgan fingerprint density at radius 1 is 1.10 bits per heavy atom. The fourth-order valence-electron chi connectivity index (χ4n) is 1.76. The Morgan fingerprint density at radius 3 is 2.48 bits per heavy atom. The van der Waals surface area contributed by atoms with Crippen LogP contribution < -0.4 is 10.1 Å². The number of para-hydroxylation sites is 2. The van der Waals surface area contributed by atoms with Crippen molar-refractivity contribution < 1.29 is 9.53 Å². The standard InChI is InChI=1S/C16H15Cl2NO2/c1-10(2)21-15-6-4-3-5-14(15)19-16(20)11-7-8-12(17)13(18)9-11/h3-10H,1-2H3,(H,19,20). The molecule has 0 radical (unpaired) electrons. The molecule has 1 amide bonds. The molecule has 110 valence electrons. The first kappa shape index (κ1) is 15.7. The third-order valence-electron chi connectivity index (χ3n) is 2.68. The van der Waals surface area contributed by atoms with Crippen molar-refractivity contribution in [1.82, 2.24) is 0 Å². The number of carbonyl (C=O) groups excluding carboxylic acids is 1. The van der Waals surface area contributed by atoms with Gasteiger partial charge in [-0.15, -0.1) is 0 Å². The number of carbonyl (C=O) groups is 1. The Labute approximate surface area is 133 Å². The van der Waals surface area contributed by atoms with Crippen LogP contribution in [0.4, 0.5) is 5.69 Å². The average molecular weight is 324 g/mol. The van der Waals surface area contributed by atoms with Gasteiger partial charge in [-0.05, 0) is 44.2 Å². The summed E-state index contributed by atoms with van der Waals surface area (Å²) >= 11 is 11.8. The second kappa shape index (κ2) is 6.83. The molecule has 0 spiro atoms. The van der Waals surface area contributed by atoms with Gasteiger partial charge in [0.15, 0.2) is 0 Å². The molecule has 0 aliphatic heterocycles. The van der Waals surface area contributed by atoms with Crippen LogP contribution in [0.2, 0.25) is 10.0 Å². The highest BCUT2D eigenvalue weighted by Gasteiger charge is 2.11. The van der Waals surface area contributed by atoms with Gasteiger partial charge in [0.25, 0.3) is 5.91 Å². The SMILES string of the molecule is CC(C)Oc1ccccc1NC(=O)c1ccc(Cl)c(Cl)c1. The predicted molar refractivity (Wildman–Crippen MR) is 86.6 cm³/mol. The molecule has 0 unspecified atom stereocenters. The molecule has 0 saturated heterocycles. The highest BCUT2D eigenvalue weighted by Crippen LogP contribution is 2.27. The molecule has 2 aromatic rings. The summed E-state index contributed by atoms with van der Waals surface area (Å²) in [7, 11) is 0. The van der Waals surface area contributed by atoms with Crippen molar-refractivity contribution in [1.29, 1.82) is 0 Å². The van der Waals surface area contributed by atoms with Crippen LogP contribution in [-0.2, 0) is 0 Å². The summed E-state index contributed by atoms with van der Waals surface area (Å²) in [6.07, 6.45) is 0.0213. The zero-order chi connectivity index (χ0) is 15.4. The van der Waals surface area contributed by atoms with E-state index in [1.807, 2.05) is 32.0 Å². The first-order valence-corrected chi connectivity index (χ1v) is 7.25. The van der Waals surface area contributed by atoms with Crippen molar-refractivity contribution in [2.75, 3.05) is 5.32 Å². The van der Waals surface area contributed by atoms with Gasteiger partial charge >= 0.3 is 0 Å². The maximum Gasteiger partial charge on any atom is 0.255 e. The van der Waals surface area contributed by atoms with E-state index in [0.717, 1.165) is 0 Å². The minimum Gasteiger partial charge on any atom is -0.489 e. The van der Waals surface area contributed by atoms with Crippen LogP contribution in [-0.4, -0.2) is 12.0 Å². The number of anilines is 1. The van der Waals surface area contributed by atoms with Crippen molar-refractivity contribution >= 4 is 34.8 Å². The number of amides is 1. The number of rotatable bonds is 4. The maximum absolute atomic E-state index is 12.2. The number of halogens is 2. The fourth-order valence-corrected chi connectivity index (χ4v) is 2.06. The quantitative estimate of drug-likeness (QED) is 0.856. The van der Waals surface area contributed by atoms with E-state index >= 15 is 0 Å². The molecule has 2 aromatic carbocycles. The van der Waals surface area contributed by atoms with E-state index < -0.39 is 0 Å². The lowest BCUT2D eigenvalue weighted by molar-refractivity contribution is 0.102.